The van der Waals surface area contributed by atoms with Crippen LogP contribution in [0.15, 0.2) is 48.5 Å². The van der Waals surface area contributed by atoms with Crippen LogP contribution in [-0.2, 0) is 6.54 Å². The number of rotatable bonds is 7. The van der Waals surface area contributed by atoms with Crippen molar-refractivity contribution in [2.45, 2.75) is 39.3 Å². The summed E-state index contributed by atoms with van der Waals surface area (Å²) < 4.78 is 16.0. The van der Waals surface area contributed by atoms with Crippen molar-refractivity contribution in [2.24, 2.45) is 0 Å². The molecule has 1 aromatic heterocycles. The summed E-state index contributed by atoms with van der Waals surface area (Å²) in [5.41, 5.74) is 3.06. The number of hydrogen-bond acceptors (Lipinski definition) is 4. The molecule has 6 nitrogen and oxygen atoms in total. The maximum absolute atomic E-state index is 14.2. The zero-order valence-corrected chi connectivity index (χ0v) is 21.0. The molecule has 2 aliphatic rings. The van der Waals surface area contributed by atoms with Crippen LogP contribution in [-0.4, -0.2) is 64.3 Å². The van der Waals surface area contributed by atoms with Gasteiger partial charge in [-0.25, -0.2) is 9.07 Å². The Kier molecular flexibility index (Phi) is 6.80. The monoisotopic (exact) mass is 495 g/mol. The number of aryl methyl sites for hydroxylation is 1. The quantitative estimate of drug-likeness (QED) is 0.466. The fourth-order valence-corrected chi connectivity index (χ4v) is 5.05. The average molecular weight is 496 g/mol. The summed E-state index contributed by atoms with van der Waals surface area (Å²) in [4.78, 5) is 20.3. The van der Waals surface area contributed by atoms with Crippen molar-refractivity contribution in [1.29, 1.82) is 0 Å². The third-order valence-electron chi connectivity index (χ3n) is 7.01. The highest BCUT2D eigenvalue weighted by atomic mass is 35.5. The first-order valence-corrected chi connectivity index (χ1v) is 12.7. The SMILES string of the molecule is CCN1CCN(c2c(CN(C(=O)c3ccccc3Cl)C3CC3)c(C)nn2-c2cccc(F)c2)CC1. The predicted octanol–water partition coefficient (Wildman–Crippen LogP) is 4.92. The van der Waals surface area contributed by atoms with Crippen molar-refractivity contribution in [1.82, 2.24) is 19.6 Å². The van der Waals surface area contributed by atoms with Crippen LogP contribution in [0.2, 0.25) is 5.02 Å². The molecular weight excluding hydrogens is 465 g/mol. The van der Waals surface area contributed by atoms with Crippen molar-refractivity contribution >= 4 is 23.3 Å². The number of anilines is 1. The van der Waals surface area contributed by atoms with E-state index in [1.807, 2.05) is 34.7 Å². The Labute approximate surface area is 210 Å². The minimum absolute atomic E-state index is 0.0576. The van der Waals surface area contributed by atoms with E-state index in [1.165, 1.54) is 12.1 Å². The predicted molar refractivity (Wildman–Crippen MR) is 137 cm³/mol. The van der Waals surface area contributed by atoms with Gasteiger partial charge in [0.1, 0.15) is 11.6 Å². The van der Waals surface area contributed by atoms with Gasteiger partial charge in [0.25, 0.3) is 5.91 Å². The molecule has 0 atom stereocenters. The molecule has 2 fully saturated rings. The van der Waals surface area contributed by atoms with Gasteiger partial charge in [-0.05, 0) is 56.6 Å². The van der Waals surface area contributed by atoms with E-state index in [1.54, 1.807) is 18.2 Å². The van der Waals surface area contributed by atoms with E-state index in [0.29, 0.717) is 22.8 Å². The Morgan fingerprint density at radius 1 is 1.11 bits per heavy atom. The van der Waals surface area contributed by atoms with Crippen LogP contribution < -0.4 is 4.90 Å². The number of amides is 1. The van der Waals surface area contributed by atoms with E-state index in [0.717, 1.165) is 62.6 Å². The van der Waals surface area contributed by atoms with Gasteiger partial charge in [-0.15, -0.1) is 0 Å². The molecule has 1 aliphatic heterocycles. The molecule has 2 aromatic carbocycles. The number of carbonyl (C=O) groups excluding carboxylic acids is 1. The maximum Gasteiger partial charge on any atom is 0.255 e. The molecule has 3 aromatic rings. The van der Waals surface area contributed by atoms with E-state index < -0.39 is 0 Å². The Morgan fingerprint density at radius 3 is 2.51 bits per heavy atom. The highest BCUT2D eigenvalue weighted by Gasteiger charge is 2.36. The molecule has 35 heavy (non-hydrogen) atoms. The van der Waals surface area contributed by atoms with Gasteiger partial charge in [0.15, 0.2) is 0 Å². The second-order valence-electron chi connectivity index (χ2n) is 9.34. The van der Waals surface area contributed by atoms with E-state index in [4.69, 9.17) is 16.7 Å². The van der Waals surface area contributed by atoms with E-state index >= 15 is 0 Å². The lowest BCUT2D eigenvalue weighted by Gasteiger charge is -2.36. The van der Waals surface area contributed by atoms with Crippen LogP contribution in [0, 0.1) is 12.7 Å². The molecule has 8 heteroatoms. The van der Waals surface area contributed by atoms with Gasteiger partial charge in [-0.2, -0.15) is 5.10 Å². The molecule has 0 unspecified atom stereocenters. The topological polar surface area (TPSA) is 44.6 Å². The molecule has 2 heterocycles. The molecule has 1 saturated heterocycles. The molecule has 1 aliphatic carbocycles. The summed E-state index contributed by atoms with van der Waals surface area (Å²) >= 11 is 6.39. The average Bonchev–Trinajstić information content (AvgIpc) is 3.65. The number of halogens is 2. The van der Waals surface area contributed by atoms with E-state index in [-0.39, 0.29) is 17.8 Å². The van der Waals surface area contributed by atoms with E-state index in [9.17, 15) is 9.18 Å². The van der Waals surface area contributed by atoms with Crippen molar-refractivity contribution in [2.75, 3.05) is 37.6 Å². The number of benzene rings is 2. The minimum atomic E-state index is -0.299. The third-order valence-corrected chi connectivity index (χ3v) is 7.34. The van der Waals surface area contributed by atoms with Crippen molar-refractivity contribution in [3.05, 3.63) is 76.2 Å². The van der Waals surface area contributed by atoms with Crippen molar-refractivity contribution < 1.29 is 9.18 Å². The van der Waals surface area contributed by atoms with Crippen molar-refractivity contribution in [3.8, 4) is 5.69 Å². The second-order valence-corrected chi connectivity index (χ2v) is 9.75. The van der Waals surface area contributed by atoms with Gasteiger partial charge in [-0.1, -0.05) is 36.7 Å². The van der Waals surface area contributed by atoms with Gasteiger partial charge in [0, 0.05) is 37.8 Å². The lowest BCUT2D eigenvalue weighted by atomic mass is 10.1. The fraction of sp³-hybridized carbons (Fsp3) is 0.407. The Bertz CT molecular complexity index is 1220. The second kappa shape index (κ2) is 9.99. The lowest BCUT2D eigenvalue weighted by Crippen LogP contribution is -2.47. The first-order chi connectivity index (χ1) is 17.0. The third kappa shape index (κ3) is 4.93. The Hall–Kier alpha value is -2.90. The summed E-state index contributed by atoms with van der Waals surface area (Å²) in [6.07, 6.45) is 1.97. The lowest BCUT2D eigenvalue weighted by molar-refractivity contribution is 0.0730. The molecular formula is C27H31ClFN5O. The molecule has 184 valence electrons. The molecule has 1 saturated carbocycles. The summed E-state index contributed by atoms with van der Waals surface area (Å²) in [6.45, 7) is 9.22. The highest BCUT2D eigenvalue weighted by molar-refractivity contribution is 6.33. The van der Waals surface area contributed by atoms with Crippen LogP contribution in [0.4, 0.5) is 10.2 Å². The zero-order chi connectivity index (χ0) is 24.5. The van der Waals surface area contributed by atoms with Gasteiger partial charge in [-0.3, -0.25) is 4.79 Å². The first kappa shape index (κ1) is 23.8. The smallest absolute Gasteiger partial charge is 0.255 e. The van der Waals surface area contributed by atoms with Crippen molar-refractivity contribution in [3.63, 3.8) is 0 Å². The number of piperazine rings is 1. The molecule has 0 N–H and O–H groups in total. The number of likely N-dealkylation sites (N-methyl/N-ethyl adjacent to an activating group) is 1. The summed E-state index contributed by atoms with van der Waals surface area (Å²) in [5.74, 6) is 0.590. The van der Waals surface area contributed by atoms with E-state index in [2.05, 4.69) is 16.7 Å². The summed E-state index contributed by atoms with van der Waals surface area (Å²) in [7, 11) is 0. The molecule has 0 radical (unpaired) electrons. The molecule has 0 bridgehead atoms. The minimum Gasteiger partial charge on any atom is -0.354 e. The highest BCUT2D eigenvalue weighted by Crippen LogP contribution is 2.35. The van der Waals surface area contributed by atoms with Crippen LogP contribution in [0.5, 0.6) is 0 Å². The Balaban J connectivity index is 1.55. The van der Waals surface area contributed by atoms with Crippen LogP contribution in [0.1, 0.15) is 41.4 Å². The van der Waals surface area contributed by atoms with Crippen LogP contribution in [0.3, 0.4) is 0 Å². The first-order valence-electron chi connectivity index (χ1n) is 12.3. The number of carbonyl (C=O) groups is 1. The summed E-state index contributed by atoms with van der Waals surface area (Å²) in [5, 5.41) is 5.31. The van der Waals surface area contributed by atoms with Gasteiger partial charge in [0.05, 0.1) is 28.5 Å². The van der Waals surface area contributed by atoms with Gasteiger partial charge < -0.3 is 14.7 Å². The van der Waals surface area contributed by atoms with Gasteiger partial charge in [0.2, 0.25) is 0 Å². The standard InChI is InChI=1S/C27H31ClFN5O/c1-3-31-13-15-32(16-14-31)26-24(19(2)30-34(26)22-8-6-7-20(29)17-22)18-33(21-11-12-21)27(35)23-9-4-5-10-25(23)28/h4-10,17,21H,3,11-16,18H2,1-2H3. The number of nitrogens with zero attached hydrogens (tertiary/aromatic N) is 5. The fourth-order valence-electron chi connectivity index (χ4n) is 4.83. The van der Waals surface area contributed by atoms with Crippen LogP contribution in [0.25, 0.3) is 5.69 Å². The number of aromatic nitrogens is 2. The molecule has 5 rings (SSSR count). The normalized spacial score (nSPS) is 16.5. The van der Waals surface area contributed by atoms with Crippen LogP contribution >= 0.6 is 11.6 Å². The zero-order valence-electron chi connectivity index (χ0n) is 20.3. The molecule has 1 amide bonds. The Morgan fingerprint density at radius 2 is 1.86 bits per heavy atom. The largest absolute Gasteiger partial charge is 0.354 e. The maximum atomic E-state index is 14.2. The summed E-state index contributed by atoms with van der Waals surface area (Å²) in [6, 6.07) is 13.9. The van der Waals surface area contributed by atoms with Gasteiger partial charge >= 0.3 is 0 Å². The molecule has 0 spiro atoms. The number of hydrogen-bond donors (Lipinski definition) is 0.